The van der Waals surface area contributed by atoms with Gasteiger partial charge in [-0.05, 0) is 32.9 Å². The Morgan fingerprint density at radius 2 is 1.94 bits per heavy atom. The maximum atomic E-state index is 14.6. The predicted molar refractivity (Wildman–Crippen MR) is 128 cm³/mol. The number of imidazole rings is 1. The number of hydrogen-bond acceptors (Lipinski definition) is 6. The normalized spacial score (nSPS) is 18.9. The first kappa shape index (κ1) is 21.7. The summed E-state index contributed by atoms with van der Waals surface area (Å²) in [5.41, 5.74) is 2.97. The van der Waals surface area contributed by atoms with E-state index in [0.717, 1.165) is 18.8 Å². The lowest BCUT2D eigenvalue weighted by Crippen LogP contribution is -2.54. The van der Waals surface area contributed by atoms with Gasteiger partial charge in [0.2, 0.25) is 5.91 Å². The molecule has 0 unspecified atom stereocenters. The predicted octanol–water partition coefficient (Wildman–Crippen LogP) is 4.38. The molecule has 3 aromatic heterocycles. The summed E-state index contributed by atoms with van der Waals surface area (Å²) in [5.74, 6) is -0.316. The summed E-state index contributed by atoms with van der Waals surface area (Å²) in [6.07, 6.45) is 3.47. The number of rotatable bonds is 3. The molecule has 1 saturated heterocycles. The number of aryl methyl sites for hydroxylation is 1. The maximum absolute atomic E-state index is 14.6. The van der Waals surface area contributed by atoms with E-state index in [9.17, 15) is 9.18 Å². The van der Waals surface area contributed by atoms with E-state index in [-0.39, 0.29) is 11.6 Å². The number of carbonyl (C=O) groups excluding carboxylic acids is 1. The van der Waals surface area contributed by atoms with Crippen molar-refractivity contribution in [2.45, 2.75) is 39.8 Å². The monoisotopic (exact) mass is 469 g/mol. The van der Waals surface area contributed by atoms with Gasteiger partial charge in [0.25, 0.3) is 0 Å². The first-order valence-electron chi connectivity index (χ1n) is 10.9. The fourth-order valence-corrected chi connectivity index (χ4v) is 4.91. The molecule has 2 atom stereocenters. The van der Waals surface area contributed by atoms with Crippen LogP contribution >= 0.6 is 11.6 Å². The molecule has 0 radical (unpaired) electrons. The summed E-state index contributed by atoms with van der Waals surface area (Å²) in [5, 5.41) is 12.2. The molecule has 0 amide bonds. The SMILES string of the molecule is CC(=O)n1nc(Nc2cc(F)c3nc(C)cn3c2)c2c(Cl)cc(N3C[C@H](C)N[C@@H](C)C3)cc21. The Balaban J connectivity index is 1.59. The molecular formula is C23H25ClFN7O. The highest BCUT2D eigenvalue weighted by atomic mass is 35.5. The summed E-state index contributed by atoms with van der Waals surface area (Å²) in [4.78, 5) is 18.8. The minimum atomic E-state index is -0.460. The highest BCUT2D eigenvalue weighted by Gasteiger charge is 2.24. The molecule has 1 aromatic carbocycles. The number of piperazine rings is 1. The summed E-state index contributed by atoms with van der Waals surface area (Å²) < 4.78 is 17.5. The van der Waals surface area contributed by atoms with Gasteiger partial charge < -0.3 is 19.9 Å². The number of anilines is 3. The van der Waals surface area contributed by atoms with Gasteiger partial charge in [0, 0.05) is 56.2 Å². The van der Waals surface area contributed by atoms with Crippen LogP contribution in [0.1, 0.15) is 31.3 Å². The number of aromatic nitrogens is 4. The third-order valence-corrected chi connectivity index (χ3v) is 6.13. The van der Waals surface area contributed by atoms with Gasteiger partial charge in [-0.15, -0.1) is 5.10 Å². The van der Waals surface area contributed by atoms with E-state index in [1.165, 1.54) is 17.7 Å². The van der Waals surface area contributed by atoms with E-state index in [2.05, 4.69) is 39.5 Å². The summed E-state index contributed by atoms with van der Waals surface area (Å²) in [7, 11) is 0. The van der Waals surface area contributed by atoms with Crippen LogP contribution in [-0.4, -0.2) is 50.2 Å². The number of hydrogen-bond donors (Lipinski definition) is 2. The second kappa shape index (κ2) is 8.00. The lowest BCUT2D eigenvalue weighted by atomic mass is 10.1. The van der Waals surface area contributed by atoms with Gasteiger partial charge in [-0.1, -0.05) is 11.6 Å². The number of carbonyl (C=O) groups is 1. The second-order valence-corrected chi connectivity index (χ2v) is 9.20. The average molecular weight is 470 g/mol. The van der Waals surface area contributed by atoms with Gasteiger partial charge in [0.1, 0.15) is 0 Å². The van der Waals surface area contributed by atoms with Gasteiger partial charge in [0.15, 0.2) is 17.3 Å². The van der Waals surface area contributed by atoms with Gasteiger partial charge in [-0.25, -0.2) is 9.37 Å². The third-order valence-electron chi connectivity index (χ3n) is 5.83. The Labute approximate surface area is 195 Å². The molecule has 1 aliphatic heterocycles. The second-order valence-electron chi connectivity index (χ2n) is 8.79. The summed E-state index contributed by atoms with van der Waals surface area (Å²) >= 11 is 6.74. The molecule has 1 fully saturated rings. The largest absolute Gasteiger partial charge is 0.368 e. The number of fused-ring (bicyclic) bond motifs is 2. The van der Waals surface area contributed by atoms with Crippen LogP contribution in [0.5, 0.6) is 0 Å². The van der Waals surface area contributed by atoms with Crippen LogP contribution in [0.2, 0.25) is 5.02 Å². The van der Waals surface area contributed by atoms with E-state index in [1.807, 2.05) is 12.1 Å². The van der Waals surface area contributed by atoms with E-state index < -0.39 is 5.82 Å². The third kappa shape index (κ3) is 3.91. The standard InChI is InChI=1S/C23H25ClFN7O/c1-12-8-30(9-13(2)26-12)17-6-18(24)21-20(7-17)32(15(4)33)29-22(21)28-16-5-19(25)23-27-14(3)10-31(23)11-16/h5-7,10-13,26H,8-9H2,1-4H3,(H,28,29)/t12-,13-/m0/s1. The van der Waals surface area contributed by atoms with Crippen LogP contribution in [0.4, 0.5) is 21.6 Å². The van der Waals surface area contributed by atoms with Crippen LogP contribution in [0.25, 0.3) is 16.6 Å². The fourth-order valence-electron chi connectivity index (χ4n) is 4.62. The molecule has 0 spiro atoms. The van der Waals surface area contributed by atoms with Crippen LogP contribution in [0.15, 0.2) is 30.6 Å². The van der Waals surface area contributed by atoms with E-state index in [1.54, 1.807) is 23.7 Å². The van der Waals surface area contributed by atoms with Crippen molar-refractivity contribution in [2.24, 2.45) is 0 Å². The van der Waals surface area contributed by atoms with Gasteiger partial charge in [-0.2, -0.15) is 4.68 Å². The molecule has 10 heteroatoms. The van der Waals surface area contributed by atoms with Crippen LogP contribution < -0.4 is 15.5 Å². The Kier molecular flexibility index (Phi) is 5.25. The van der Waals surface area contributed by atoms with Crippen molar-refractivity contribution >= 4 is 51.3 Å². The van der Waals surface area contributed by atoms with E-state index in [4.69, 9.17) is 11.6 Å². The molecule has 172 valence electrons. The molecule has 4 aromatic rings. The first-order chi connectivity index (χ1) is 15.7. The summed E-state index contributed by atoms with van der Waals surface area (Å²) in [6.45, 7) is 9.19. The van der Waals surface area contributed by atoms with Crippen LogP contribution in [-0.2, 0) is 0 Å². The van der Waals surface area contributed by atoms with E-state index in [0.29, 0.717) is 45.2 Å². The Bertz CT molecular complexity index is 1380. The molecule has 0 aliphatic carbocycles. The smallest absolute Gasteiger partial charge is 0.244 e. The number of pyridine rings is 1. The fraction of sp³-hybridized carbons (Fsp3) is 0.348. The van der Waals surface area contributed by atoms with Crippen molar-refractivity contribution in [1.29, 1.82) is 0 Å². The minimum absolute atomic E-state index is 0.241. The van der Waals surface area contributed by atoms with Crippen LogP contribution in [0.3, 0.4) is 0 Å². The van der Waals surface area contributed by atoms with Crippen molar-refractivity contribution in [2.75, 3.05) is 23.3 Å². The molecule has 0 saturated carbocycles. The zero-order valence-corrected chi connectivity index (χ0v) is 19.6. The molecule has 8 nitrogen and oxygen atoms in total. The van der Waals surface area contributed by atoms with Gasteiger partial charge in [-0.3, -0.25) is 4.79 Å². The van der Waals surface area contributed by atoms with Crippen LogP contribution in [0, 0.1) is 12.7 Å². The average Bonchev–Trinajstić information content (AvgIpc) is 3.28. The lowest BCUT2D eigenvalue weighted by Gasteiger charge is -2.37. The number of halogens is 2. The zero-order valence-electron chi connectivity index (χ0n) is 18.9. The maximum Gasteiger partial charge on any atom is 0.244 e. The van der Waals surface area contributed by atoms with Crippen molar-refractivity contribution in [3.05, 3.63) is 47.1 Å². The minimum Gasteiger partial charge on any atom is -0.368 e. The number of nitrogens with zero attached hydrogens (tertiary/aromatic N) is 5. The molecule has 2 N–H and O–H groups in total. The van der Waals surface area contributed by atoms with Gasteiger partial charge >= 0.3 is 0 Å². The molecule has 0 bridgehead atoms. The summed E-state index contributed by atoms with van der Waals surface area (Å²) in [6, 6.07) is 5.85. The molecular weight excluding hydrogens is 445 g/mol. The van der Waals surface area contributed by atoms with Gasteiger partial charge in [0.05, 0.1) is 27.3 Å². The Hall–Kier alpha value is -3.17. The molecule has 5 rings (SSSR count). The topological polar surface area (TPSA) is 79.5 Å². The Morgan fingerprint density at radius 3 is 2.64 bits per heavy atom. The Morgan fingerprint density at radius 1 is 1.21 bits per heavy atom. The lowest BCUT2D eigenvalue weighted by molar-refractivity contribution is 0.0927. The number of benzene rings is 1. The highest BCUT2D eigenvalue weighted by molar-refractivity contribution is 6.37. The quantitative estimate of drug-likeness (QED) is 0.463. The molecule has 33 heavy (non-hydrogen) atoms. The van der Waals surface area contributed by atoms with Crippen molar-refractivity contribution in [3.8, 4) is 0 Å². The zero-order chi connectivity index (χ0) is 23.4. The molecule has 1 aliphatic rings. The van der Waals surface area contributed by atoms with E-state index >= 15 is 0 Å². The highest BCUT2D eigenvalue weighted by Crippen LogP contribution is 2.36. The molecule has 4 heterocycles. The van der Waals surface area contributed by atoms with Crippen molar-refractivity contribution < 1.29 is 9.18 Å². The number of nitrogens with one attached hydrogen (secondary N) is 2. The first-order valence-corrected chi connectivity index (χ1v) is 11.2. The van der Waals surface area contributed by atoms with Crippen molar-refractivity contribution in [3.63, 3.8) is 0 Å². The van der Waals surface area contributed by atoms with Crippen molar-refractivity contribution in [1.82, 2.24) is 24.5 Å².